The van der Waals surface area contributed by atoms with Gasteiger partial charge in [-0.15, -0.1) is 0 Å². The van der Waals surface area contributed by atoms with Crippen LogP contribution in [0.2, 0.25) is 0 Å². The van der Waals surface area contributed by atoms with E-state index in [9.17, 15) is 40.5 Å². The third-order valence-electron chi connectivity index (χ3n) is 4.36. The Kier molecular flexibility index (Phi) is 7.27. The molecule has 2 rings (SSSR count). The number of aliphatic hydroxyl groups is 7. The van der Waals surface area contributed by atoms with Crippen molar-refractivity contribution in [1.29, 1.82) is 0 Å². The van der Waals surface area contributed by atoms with E-state index >= 15 is 0 Å². The van der Waals surface area contributed by atoms with Crippen molar-refractivity contribution in [2.24, 2.45) is 0 Å². The number of aliphatic hydroxyl groups excluding tert-OH is 7. The van der Waals surface area contributed by atoms with Crippen LogP contribution in [-0.2, 0) is 19.0 Å². The van der Waals surface area contributed by atoms with Crippen LogP contribution in [0.3, 0.4) is 0 Å². The van der Waals surface area contributed by atoms with Gasteiger partial charge in [0.05, 0.1) is 13.2 Å². The first kappa shape index (κ1) is 21.4. The van der Waals surface area contributed by atoms with Crippen LogP contribution in [0.15, 0.2) is 0 Å². The van der Waals surface area contributed by atoms with E-state index in [1.54, 1.807) is 0 Å². The Balaban J connectivity index is 2.05. The van der Waals surface area contributed by atoms with E-state index in [0.29, 0.717) is 0 Å². The van der Waals surface area contributed by atoms with Crippen molar-refractivity contribution in [2.75, 3.05) is 13.2 Å². The SMILES string of the molecule is CC(=O)N[C@H]1[C@H](OC[C@H]2O[C@H](O)[C@H](O)[C@@H](O)[C@H]2O)O[C@H](CO)[C@@H](O)[C@@H]1O. The molecule has 2 aliphatic rings. The molecule has 0 radical (unpaired) electrons. The highest BCUT2D eigenvalue weighted by Crippen LogP contribution is 2.25. The molecule has 2 fully saturated rings. The summed E-state index contributed by atoms with van der Waals surface area (Å²) in [5.41, 5.74) is 0. The molecule has 12 heteroatoms. The molecule has 0 unspecified atom stereocenters. The smallest absolute Gasteiger partial charge is 0.217 e. The maximum atomic E-state index is 11.3. The van der Waals surface area contributed by atoms with Gasteiger partial charge in [-0.05, 0) is 0 Å². The van der Waals surface area contributed by atoms with E-state index in [2.05, 4.69) is 5.32 Å². The summed E-state index contributed by atoms with van der Waals surface area (Å²) in [6.07, 6.45) is -13.5. The summed E-state index contributed by atoms with van der Waals surface area (Å²) in [4.78, 5) is 11.3. The van der Waals surface area contributed by atoms with Crippen LogP contribution < -0.4 is 5.32 Å². The second kappa shape index (κ2) is 8.84. The lowest BCUT2D eigenvalue weighted by atomic mass is 9.96. The number of hydrogen-bond donors (Lipinski definition) is 8. The number of nitrogens with one attached hydrogen (secondary N) is 1. The lowest BCUT2D eigenvalue weighted by Gasteiger charge is -2.43. The Hall–Kier alpha value is -0.930. The van der Waals surface area contributed by atoms with Crippen molar-refractivity contribution < 1.29 is 54.8 Å². The maximum absolute atomic E-state index is 11.3. The van der Waals surface area contributed by atoms with Gasteiger partial charge in [0.1, 0.15) is 48.8 Å². The van der Waals surface area contributed by atoms with Gasteiger partial charge < -0.3 is 55.3 Å². The standard InChI is InChI=1S/C14H25NO11/c1-4(17)15-7-10(20)8(18)5(2-16)26-14(7)24-3-6-9(19)11(21)12(22)13(23)25-6/h5-14,16,18-23H,2-3H2,1H3,(H,15,17)/t5-,6-,7-,8-,9+,10-,11+,12-,13+,14-/m1/s1. The third kappa shape index (κ3) is 4.48. The molecule has 0 spiro atoms. The number of ether oxygens (including phenoxy) is 3. The number of hydrogen-bond acceptors (Lipinski definition) is 11. The van der Waals surface area contributed by atoms with Crippen molar-refractivity contribution in [3.8, 4) is 0 Å². The second-order valence-corrected chi connectivity index (χ2v) is 6.30. The lowest BCUT2D eigenvalue weighted by Crippen LogP contribution is -2.65. The molecule has 0 aromatic heterocycles. The Morgan fingerprint density at radius 1 is 0.923 bits per heavy atom. The molecule has 0 aromatic carbocycles. The summed E-state index contributed by atoms with van der Waals surface area (Å²) in [6.45, 7) is 0.0944. The summed E-state index contributed by atoms with van der Waals surface area (Å²) in [5.74, 6) is -0.538. The fourth-order valence-corrected chi connectivity index (χ4v) is 2.87. The van der Waals surface area contributed by atoms with Crippen molar-refractivity contribution >= 4 is 5.91 Å². The van der Waals surface area contributed by atoms with E-state index < -0.39 is 80.5 Å². The summed E-state index contributed by atoms with van der Waals surface area (Å²) in [6, 6.07) is -1.19. The van der Waals surface area contributed by atoms with Gasteiger partial charge in [-0.2, -0.15) is 0 Å². The summed E-state index contributed by atoms with van der Waals surface area (Å²) >= 11 is 0. The topological polar surface area (TPSA) is 198 Å². The first-order chi connectivity index (χ1) is 12.2. The van der Waals surface area contributed by atoms with Gasteiger partial charge in [0.2, 0.25) is 5.91 Å². The van der Waals surface area contributed by atoms with Crippen molar-refractivity contribution in [3.63, 3.8) is 0 Å². The largest absolute Gasteiger partial charge is 0.394 e. The molecule has 1 amide bonds. The minimum absolute atomic E-state index is 0.455. The fraction of sp³-hybridized carbons (Fsp3) is 0.929. The van der Waals surface area contributed by atoms with E-state index in [1.807, 2.05) is 0 Å². The van der Waals surface area contributed by atoms with E-state index in [0.717, 1.165) is 0 Å². The van der Waals surface area contributed by atoms with Gasteiger partial charge in [0, 0.05) is 6.92 Å². The maximum Gasteiger partial charge on any atom is 0.217 e. The number of carbonyl (C=O) groups excluding carboxylic acids is 1. The van der Waals surface area contributed by atoms with Crippen LogP contribution in [0.4, 0.5) is 0 Å². The van der Waals surface area contributed by atoms with Gasteiger partial charge in [-0.3, -0.25) is 4.79 Å². The molecule has 0 bridgehead atoms. The van der Waals surface area contributed by atoms with Crippen molar-refractivity contribution in [2.45, 2.75) is 68.3 Å². The quantitative estimate of drug-likeness (QED) is 0.226. The minimum atomic E-state index is -1.75. The molecule has 26 heavy (non-hydrogen) atoms. The van der Waals surface area contributed by atoms with Crippen LogP contribution in [0.5, 0.6) is 0 Å². The zero-order valence-corrected chi connectivity index (χ0v) is 14.0. The highest BCUT2D eigenvalue weighted by atomic mass is 16.7. The van der Waals surface area contributed by atoms with E-state index in [1.165, 1.54) is 6.92 Å². The summed E-state index contributed by atoms with van der Waals surface area (Å²) in [7, 11) is 0. The Bertz CT molecular complexity index is 480. The Morgan fingerprint density at radius 2 is 1.54 bits per heavy atom. The average molecular weight is 383 g/mol. The molecule has 10 atom stereocenters. The first-order valence-electron chi connectivity index (χ1n) is 8.06. The van der Waals surface area contributed by atoms with Crippen LogP contribution in [0.1, 0.15) is 6.92 Å². The Morgan fingerprint density at radius 3 is 2.12 bits per heavy atom. The third-order valence-corrected chi connectivity index (χ3v) is 4.36. The molecule has 0 aromatic rings. The van der Waals surface area contributed by atoms with Crippen LogP contribution >= 0.6 is 0 Å². The average Bonchev–Trinajstić information content (AvgIpc) is 2.60. The monoisotopic (exact) mass is 383 g/mol. The zero-order valence-electron chi connectivity index (χ0n) is 14.0. The van der Waals surface area contributed by atoms with Gasteiger partial charge in [-0.25, -0.2) is 0 Å². The molecule has 0 saturated carbocycles. The van der Waals surface area contributed by atoms with Crippen molar-refractivity contribution in [3.05, 3.63) is 0 Å². The van der Waals surface area contributed by atoms with Gasteiger partial charge >= 0.3 is 0 Å². The highest BCUT2D eigenvalue weighted by molar-refractivity contribution is 5.73. The minimum Gasteiger partial charge on any atom is -0.394 e. The molecule has 2 aliphatic heterocycles. The molecular weight excluding hydrogens is 358 g/mol. The van der Waals surface area contributed by atoms with Crippen LogP contribution in [0, 0.1) is 0 Å². The summed E-state index contributed by atoms with van der Waals surface area (Å²) in [5, 5.41) is 70.1. The first-order valence-corrected chi connectivity index (χ1v) is 8.06. The zero-order chi connectivity index (χ0) is 19.6. The van der Waals surface area contributed by atoms with Crippen LogP contribution in [-0.4, -0.2) is 116 Å². The molecule has 8 N–H and O–H groups in total. The molecule has 12 nitrogen and oxygen atoms in total. The van der Waals surface area contributed by atoms with Gasteiger partial charge in [0.25, 0.3) is 0 Å². The number of rotatable bonds is 5. The molecule has 2 saturated heterocycles. The van der Waals surface area contributed by atoms with Gasteiger partial charge in [0.15, 0.2) is 12.6 Å². The van der Waals surface area contributed by atoms with Crippen molar-refractivity contribution in [1.82, 2.24) is 5.32 Å². The lowest BCUT2D eigenvalue weighted by molar-refractivity contribution is -0.311. The predicted octanol–water partition coefficient (Wildman–Crippen LogP) is -5.25. The molecule has 0 aliphatic carbocycles. The normalized spacial score (nSPS) is 46.8. The van der Waals surface area contributed by atoms with E-state index in [-0.39, 0.29) is 0 Å². The van der Waals surface area contributed by atoms with Gasteiger partial charge in [-0.1, -0.05) is 0 Å². The number of amides is 1. The number of carbonyl (C=O) groups is 1. The van der Waals surface area contributed by atoms with E-state index in [4.69, 9.17) is 14.2 Å². The Labute approximate surface area is 148 Å². The fourth-order valence-electron chi connectivity index (χ4n) is 2.87. The summed E-state index contributed by atoms with van der Waals surface area (Å²) < 4.78 is 15.7. The molecule has 152 valence electrons. The highest BCUT2D eigenvalue weighted by Gasteiger charge is 2.47. The van der Waals surface area contributed by atoms with Crippen LogP contribution in [0.25, 0.3) is 0 Å². The molecular formula is C14H25NO11. The second-order valence-electron chi connectivity index (χ2n) is 6.30. The molecule has 2 heterocycles. The predicted molar refractivity (Wildman–Crippen MR) is 80.2 cm³/mol.